The molecule has 0 N–H and O–H groups in total. The molecule has 3 atom stereocenters. The molecule has 0 aromatic heterocycles. The van der Waals surface area contributed by atoms with Crippen molar-refractivity contribution < 1.29 is 27.9 Å². The summed E-state index contributed by atoms with van der Waals surface area (Å²) >= 11 is 0. The van der Waals surface area contributed by atoms with Crippen molar-refractivity contribution in [2.45, 2.75) is 44.2 Å². The molecule has 2 amide bonds. The standard InChI is InChI=1S/C19H24F2N2O4/c1-18(2,3)27-17(25)23-10-19(12-8-11(20)6-7-14(12)21)9-13(19)15(23)16(24)22(4)26-5/h6-8,13,15H,9-10H2,1-5H3/t13-,15+,19+/m0/s1. The van der Waals surface area contributed by atoms with Crippen LogP contribution < -0.4 is 0 Å². The molecule has 0 unspecified atom stereocenters. The van der Waals surface area contributed by atoms with Gasteiger partial charge in [0.25, 0.3) is 5.91 Å². The van der Waals surface area contributed by atoms with E-state index in [-0.39, 0.29) is 18.0 Å². The van der Waals surface area contributed by atoms with E-state index in [2.05, 4.69) is 0 Å². The van der Waals surface area contributed by atoms with Crippen LogP contribution in [-0.2, 0) is 19.8 Å². The predicted molar refractivity (Wildman–Crippen MR) is 92.7 cm³/mol. The quantitative estimate of drug-likeness (QED) is 0.755. The van der Waals surface area contributed by atoms with Crippen molar-refractivity contribution in [2.75, 3.05) is 20.7 Å². The molecule has 1 saturated carbocycles. The summed E-state index contributed by atoms with van der Waals surface area (Å²) < 4.78 is 33.6. The average molecular weight is 382 g/mol. The van der Waals surface area contributed by atoms with E-state index in [1.54, 1.807) is 20.8 Å². The second kappa shape index (κ2) is 6.44. The SMILES string of the molecule is CON(C)C(=O)[C@H]1[C@@H]2C[C@]2(c2cc(F)ccc2F)CN1C(=O)OC(C)(C)C. The van der Waals surface area contributed by atoms with E-state index in [9.17, 15) is 18.4 Å². The summed E-state index contributed by atoms with van der Waals surface area (Å²) in [5.41, 5.74) is -1.35. The van der Waals surface area contributed by atoms with Crippen molar-refractivity contribution in [2.24, 2.45) is 5.92 Å². The molecule has 148 valence electrons. The Kier molecular flexibility index (Phi) is 4.66. The van der Waals surface area contributed by atoms with Gasteiger partial charge in [-0.2, -0.15) is 0 Å². The number of hydrogen-bond acceptors (Lipinski definition) is 4. The monoisotopic (exact) mass is 382 g/mol. The molecular formula is C19H24F2N2O4. The summed E-state index contributed by atoms with van der Waals surface area (Å²) in [4.78, 5) is 31.8. The fourth-order valence-electron chi connectivity index (χ4n) is 3.90. The van der Waals surface area contributed by atoms with Crippen molar-refractivity contribution in [3.8, 4) is 0 Å². The van der Waals surface area contributed by atoms with Crippen molar-refractivity contribution >= 4 is 12.0 Å². The van der Waals surface area contributed by atoms with Gasteiger partial charge in [0.2, 0.25) is 0 Å². The Balaban J connectivity index is 1.97. The number of likely N-dealkylation sites (tertiary alicyclic amines) is 1. The Morgan fingerprint density at radius 2 is 1.96 bits per heavy atom. The van der Waals surface area contributed by atoms with E-state index in [0.29, 0.717) is 6.42 Å². The lowest BCUT2D eigenvalue weighted by molar-refractivity contribution is -0.174. The highest BCUT2D eigenvalue weighted by Crippen LogP contribution is 2.62. The van der Waals surface area contributed by atoms with Gasteiger partial charge in [-0.1, -0.05) is 0 Å². The number of piperidine rings is 1. The van der Waals surface area contributed by atoms with Crippen molar-refractivity contribution in [3.05, 3.63) is 35.4 Å². The molecule has 0 spiro atoms. The number of rotatable bonds is 3. The number of ether oxygens (including phenoxy) is 1. The zero-order valence-corrected chi connectivity index (χ0v) is 16.1. The van der Waals surface area contributed by atoms with Crippen LogP contribution in [0.4, 0.5) is 13.6 Å². The van der Waals surface area contributed by atoms with Crippen LogP contribution in [0.5, 0.6) is 0 Å². The highest BCUT2D eigenvalue weighted by Gasteiger charge is 2.70. The molecular weight excluding hydrogens is 358 g/mol. The number of amides is 2. The molecule has 3 rings (SSSR count). The third kappa shape index (κ3) is 3.38. The average Bonchev–Trinajstić information content (AvgIpc) is 3.20. The second-order valence-corrected chi connectivity index (χ2v) is 8.16. The number of likely N-dealkylation sites (N-methyl/N-ethyl adjacent to an activating group) is 1. The summed E-state index contributed by atoms with van der Waals surface area (Å²) in [6.07, 6.45) is -0.172. The Morgan fingerprint density at radius 3 is 2.56 bits per heavy atom. The van der Waals surface area contributed by atoms with Gasteiger partial charge in [0.15, 0.2) is 0 Å². The maximum absolute atomic E-state index is 14.4. The zero-order valence-electron chi connectivity index (χ0n) is 16.1. The molecule has 0 radical (unpaired) electrons. The van der Waals surface area contributed by atoms with Crippen molar-refractivity contribution in [1.29, 1.82) is 0 Å². The summed E-state index contributed by atoms with van der Waals surface area (Å²) in [6, 6.07) is 2.42. The van der Waals surface area contributed by atoms with E-state index in [0.717, 1.165) is 23.3 Å². The Hall–Kier alpha value is -2.22. The first-order valence-corrected chi connectivity index (χ1v) is 8.77. The van der Waals surface area contributed by atoms with Crippen LogP contribution in [-0.4, -0.2) is 54.3 Å². The van der Waals surface area contributed by atoms with Gasteiger partial charge in [-0.05, 0) is 51.0 Å². The first kappa shape index (κ1) is 19.5. The molecule has 27 heavy (non-hydrogen) atoms. The van der Waals surface area contributed by atoms with Crippen LogP contribution in [0, 0.1) is 17.6 Å². The number of benzene rings is 1. The number of nitrogens with zero attached hydrogens (tertiary/aromatic N) is 2. The van der Waals surface area contributed by atoms with Crippen LogP contribution in [0.3, 0.4) is 0 Å². The van der Waals surface area contributed by atoms with Crippen LogP contribution in [0.2, 0.25) is 0 Å². The van der Waals surface area contributed by atoms with Gasteiger partial charge in [-0.25, -0.2) is 18.6 Å². The van der Waals surface area contributed by atoms with Crippen molar-refractivity contribution in [3.63, 3.8) is 0 Å². The Morgan fingerprint density at radius 1 is 1.30 bits per heavy atom. The van der Waals surface area contributed by atoms with E-state index in [4.69, 9.17) is 9.57 Å². The minimum absolute atomic E-state index is 0.0842. The number of hydrogen-bond donors (Lipinski definition) is 0. The predicted octanol–water partition coefficient (Wildman–Crippen LogP) is 2.86. The number of carbonyl (C=O) groups is 2. The largest absolute Gasteiger partial charge is 0.444 e. The normalized spacial score (nSPS) is 26.6. The first-order chi connectivity index (χ1) is 12.5. The fraction of sp³-hybridized carbons (Fsp3) is 0.579. The molecule has 6 nitrogen and oxygen atoms in total. The number of fused-ring (bicyclic) bond motifs is 1. The molecule has 1 aliphatic carbocycles. The molecule has 1 aliphatic heterocycles. The van der Waals surface area contributed by atoms with Crippen LogP contribution >= 0.6 is 0 Å². The smallest absolute Gasteiger partial charge is 0.411 e. The number of hydroxylamine groups is 2. The second-order valence-electron chi connectivity index (χ2n) is 8.16. The van der Waals surface area contributed by atoms with Gasteiger partial charge in [0.05, 0.1) is 7.11 Å². The summed E-state index contributed by atoms with van der Waals surface area (Å²) in [7, 11) is 2.79. The van der Waals surface area contributed by atoms with Crippen LogP contribution in [0.1, 0.15) is 32.8 Å². The molecule has 1 aromatic carbocycles. The lowest BCUT2D eigenvalue weighted by Gasteiger charge is -2.31. The van der Waals surface area contributed by atoms with E-state index < -0.39 is 40.7 Å². The molecule has 8 heteroatoms. The third-order valence-corrected chi connectivity index (χ3v) is 5.23. The van der Waals surface area contributed by atoms with Crippen molar-refractivity contribution in [1.82, 2.24) is 9.96 Å². The Labute approximate surface area is 157 Å². The summed E-state index contributed by atoms with van der Waals surface area (Å²) in [5, 5.41) is 1.04. The minimum Gasteiger partial charge on any atom is -0.444 e. The topological polar surface area (TPSA) is 59.1 Å². The highest BCUT2D eigenvalue weighted by molar-refractivity contribution is 5.87. The van der Waals surface area contributed by atoms with E-state index in [1.807, 2.05) is 0 Å². The van der Waals surface area contributed by atoms with E-state index >= 15 is 0 Å². The molecule has 2 fully saturated rings. The highest BCUT2D eigenvalue weighted by atomic mass is 19.1. The van der Waals surface area contributed by atoms with Gasteiger partial charge in [-0.15, -0.1) is 0 Å². The fourth-order valence-corrected chi connectivity index (χ4v) is 3.90. The van der Waals surface area contributed by atoms with Gasteiger partial charge < -0.3 is 4.74 Å². The van der Waals surface area contributed by atoms with Gasteiger partial charge in [0, 0.05) is 24.9 Å². The lowest BCUT2D eigenvalue weighted by Crippen LogP contribution is -2.50. The third-order valence-electron chi connectivity index (χ3n) is 5.23. The van der Waals surface area contributed by atoms with Gasteiger partial charge in [0.1, 0.15) is 23.3 Å². The first-order valence-electron chi connectivity index (χ1n) is 8.77. The molecule has 1 heterocycles. The number of halogens is 2. The minimum atomic E-state index is -0.854. The zero-order chi connectivity index (χ0) is 20.1. The molecule has 2 aliphatic rings. The lowest BCUT2D eigenvalue weighted by atomic mass is 9.93. The number of carbonyl (C=O) groups excluding carboxylic acids is 2. The van der Waals surface area contributed by atoms with Gasteiger partial charge in [-0.3, -0.25) is 14.5 Å². The van der Waals surface area contributed by atoms with E-state index in [1.165, 1.54) is 19.1 Å². The summed E-state index contributed by atoms with van der Waals surface area (Å²) in [6.45, 7) is 5.26. The molecule has 1 aromatic rings. The molecule has 1 saturated heterocycles. The van der Waals surface area contributed by atoms with Crippen LogP contribution in [0.25, 0.3) is 0 Å². The van der Waals surface area contributed by atoms with Gasteiger partial charge >= 0.3 is 6.09 Å². The Bertz CT molecular complexity index is 779. The summed E-state index contributed by atoms with van der Waals surface area (Å²) in [5.74, 6) is -1.86. The van der Waals surface area contributed by atoms with Crippen LogP contribution in [0.15, 0.2) is 18.2 Å². The maximum atomic E-state index is 14.4. The maximum Gasteiger partial charge on any atom is 0.411 e. The molecule has 0 bridgehead atoms.